The summed E-state index contributed by atoms with van der Waals surface area (Å²) in [6.45, 7) is 0. The first-order chi connectivity index (χ1) is 7.56. The Bertz CT molecular complexity index is 574. The summed E-state index contributed by atoms with van der Waals surface area (Å²) in [5, 5.41) is 0. The molecule has 1 aromatic carbocycles. The second-order valence-corrected chi connectivity index (χ2v) is 6.07. The summed E-state index contributed by atoms with van der Waals surface area (Å²) in [6, 6.07) is 7.41. The van der Waals surface area contributed by atoms with Crippen molar-refractivity contribution in [2.24, 2.45) is 0 Å². The number of benzene rings is 1. The van der Waals surface area contributed by atoms with Crippen LogP contribution in [0.4, 0.5) is 0 Å². The summed E-state index contributed by atoms with van der Waals surface area (Å²) < 4.78 is 22.4. The molecule has 1 radical (unpaired) electrons. The lowest BCUT2D eigenvalue weighted by molar-refractivity contribution is 0.603. The third kappa shape index (κ3) is 2.68. The van der Waals surface area contributed by atoms with Crippen molar-refractivity contribution in [2.45, 2.75) is 5.75 Å². The number of thiazole rings is 1. The van der Waals surface area contributed by atoms with E-state index in [2.05, 4.69) is 11.2 Å². The Kier molecular flexibility index (Phi) is 3.07. The highest BCUT2D eigenvalue weighted by atomic mass is 32.2. The van der Waals surface area contributed by atoms with Crippen LogP contribution in [0.3, 0.4) is 0 Å². The molecule has 0 spiro atoms. The molecule has 0 saturated carbocycles. The van der Waals surface area contributed by atoms with Gasteiger partial charge in [0.1, 0.15) is 0 Å². The minimum atomic E-state index is -3.26. The molecule has 0 bridgehead atoms. The largest absolute Gasteiger partial charge is 0.252 e. The van der Waals surface area contributed by atoms with Crippen molar-refractivity contribution in [3.05, 3.63) is 47.8 Å². The van der Waals surface area contributed by atoms with Gasteiger partial charge in [-0.25, -0.2) is 8.42 Å². The van der Waals surface area contributed by atoms with E-state index in [1.807, 2.05) is 18.2 Å². The molecule has 2 aromatic rings. The van der Waals surface area contributed by atoms with Crippen LogP contribution in [0.2, 0.25) is 0 Å². The van der Waals surface area contributed by atoms with Crippen LogP contribution in [0.1, 0.15) is 5.56 Å². The topological polar surface area (TPSA) is 47.0 Å². The molecule has 1 heterocycles. The van der Waals surface area contributed by atoms with Gasteiger partial charge < -0.3 is 0 Å². The maximum atomic E-state index is 11.2. The first kappa shape index (κ1) is 11.3. The molecule has 0 amide bonds. The minimum absolute atomic E-state index is 0.0406. The van der Waals surface area contributed by atoms with E-state index < -0.39 is 9.84 Å². The average molecular weight is 252 g/mol. The van der Waals surface area contributed by atoms with Crippen molar-refractivity contribution in [3.8, 4) is 10.4 Å². The van der Waals surface area contributed by atoms with Gasteiger partial charge in [-0.1, -0.05) is 24.3 Å². The number of rotatable bonds is 3. The van der Waals surface area contributed by atoms with E-state index in [1.54, 1.807) is 17.8 Å². The lowest BCUT2D eigenvalue weighted by Crippen LogP contribution is -1.99. The molecule has 5 heteroatoms. The molecular weight excluding hydrogens is 242 g/mol. The van der Waals surface area contributed by atoms with Gasteiger partial charge in [0.25, 0.3) is 0 Å². The molecule has 0 fully saturated rings. The average Bonchev–Trinajstić information content (AvgIpc) is 2.69. The van der Waals surface area contributed by atoms with E-state index in [0.29, 0.717) is 0 Å². The van der Waals surface area contributed by atoms with Crippen molar-refractivity contribution >= 4 is 21.2 Å². The predicted octanol–water partition coefficient (Wildman–Crippen LogP) is 2.52. The molecule has 3 nitrogen and oxygen atoms in total. The highest BCUT2D eigenvalue weighted by Crippen LogP contribution is 2.27. The predicted molar refractivity (Wildman–Crippen MR) is 65.5 cm³/mol. The molecule has 83 valence electrons. The van der Waals surface area contributed by atoms with Crippen molar-refractivity contribution in [1.82, 2.24) is 4.98 Å². The Morgan fingerprint density at radius 3 is 2.69 bits per heavy atom. The van der Waals surface area contributed by atoms with E-state index in [0.717, 1.165) is 16.0 Å². The number of hydrogen-bond donors (Lipinski definition) is 0. The summed E-state index contributed by atoms with van der Waals surface area (Å²) in [5.74, 6) is -0.0406. The second kappa shape index (κ2) is 4.35. The minimum Gasteiger partial charge on any atom is -0.252 e. The lowest BCUT2D eigenvalue weighted by atomic mass is 10.1. The quantitative estimate of drug-likeness (QED) is 0.843. The molecule has 0 N–H and O–H groups in total. The fraction of sp³-hybridized carbons (Fsp3) is 0.0909. The van der Waals surface area contributed by atoms with E-state index >= 15 is 0 Å². The van der Waals surface area contributed by atoms with Gasteiger partial charge in [0, 0.05) is 6.20 Å². The van der Waals surface area contributed by atoms with Crippen LogP contribution in [0.15, 0.2) is 36.0 Å². The van der Waals surface area contributed by atoms with Crippen molar-refractivity contribution in [1.29, 1.82) is 0 Å². The molecule has 0 aliphatic carbocycles. The standard InChI is InChI=1S/C11H10NO2S2/c1-16(13,14)7-9-4-2-3-5-10(9)11-6-12-8-15-11/h2-6,8H,1,7H2. The van der Waals surface area contributed by atoms with Gasteiger partial charge in [0.15, 0.2) is 9.84 Å². The molecule has 2 rings (SSSR count). The van der Waals surface area contributed by atoms with Crippen LogP contribution in [-0.2, 0) is 15.6 Å². The third-order valence-electron chi connectivity index (χ3n) is 2.09. The molecular formula is C11H10NO2S2. The van der Waals surface area contributed by atoms with Crippen LogP contribution in [-0.4, -0.2) is 13.4 Å². The van der Waals surface area contributed by atoms with Gasteiger partial charge in [-0.15, -0.1) is 11.3 Å². The number of hydrogen-bond acceptors (Lipinski definition) is 4. The highest BCUT2D eigenvalue weighted by molar-refractivity contribution is 7.91. The molecule has 1 aromatic heterocycles. The Morgan fingerprint density at radius 1 is 1.31 bits per heavy atom. The molecule has 0 unspecified atom stereocenters. The van der Waals surface area contributed by atoms with Crippen LogP contribution in [0.5, 0.6) is 0 Å². The zero-order valence-electron chi connectivity index (χ0n) is 8.46. The van der Waals surface area contributed by atoms with Crippen molar-refractivity contribution < 1.29 is 8.42 Å². The first-order valence-corrected chi connectivity index (χ1v) is 7.29. The van der Waals surface area contributed by atoms with Gasteiger partial charge in [0.2, 0.25) is 0 Å². The van der Waals surface area contributed by atoms with E-state index in [-0.39, 0.29) is 5.75 Å². The van der Waals surface area contributed by atoms with Gasteiger partial charge in [-0.2, -0.15) is 0 Å². The Morgan fingerprint density at radius 2 is 2.06 bits per heavy atom. The number of sulfone groups is 1. The molecule has 0 saturated heterocycles. The SMILES string of the molecule is [CH2]S(=O)(=O)Cc1ccccc1-c1cncs1. The molecule has 0 aliphatic rings. The zero-order chi connectivity index (χ0) is 11.6. The van der Waals surface area contributed by atoms with Crippen molar-refractivity contribution in [2.75, 3.05) is 0 Å². The van der Waals surface area contributed by atoms with Gasteiger partial charge in [-0.05, 0) is 11.1 Å². The number of aromatic nitrogens is 1. The van der Waals surface area contributed by atoms with Crippen LogP contribution < -0.4 is 0 Å². The van der Waals surface area contributed by atoms with Crippen LogP contribution in [0, 0.1) is 6.26 Å². The van der Waals surface area contributed by atoms with Crippen molar-refractivity contribution in [3.63, 3.8) is 0 Å². The smallest absolute Gasteiger partial charge is 0.155 e. The fourth-order valence-electron chi connectivity index (χ4n) is 1.47. The second-order valence-electron chi connectivity index (χ2n) is 3.41. The molecule has 0 atom stereocenters. The monoisotopic (exact) mass is 252 g/mol. The maximum Gasteiger partial charge on any atom is 0.155 e. The fourth-order valence-corrected chi connectivity index (χ4v) is 2.88. The molecule has 16 heavy (non-hydrogen) atoms. The Balaban J connectivity index is 2.47. The summed E-state index contributed by atoms with van der Waals surface area (Å²) in [7, 11) is -3.26. The van der Waals surface area contributed by atoms with E-state index in [9.17, 15) is 8.42 Å². The Labute approximate surface area is 98.7 Å². The first-order valence-electron chi connectivity index (χ1n) is 4.59. The van der Waals surface area contributed by atoms with Gasteiger partial charge in [0.05, 0.1) is 22.4 Å². The summed E-state index contributed by atoms with van der Waals surface area (Å²) in [6.07, 6.45) is 4.88. The van der Waals surface area contributed by atoms with E-state index in [4.69, 9.17) is 0 Å². The number of nitrogens with zero attached hydrogens (tertiary/aromatic N) is 1. The van der Waals surface area contributed by atoms with Crippen LogP contribution in [0.25, 0.3) is 10.4 Å². The third-order valence-corrected chi connectivity index (χ3v) is 3.65. The lowest BCUT2D eigenvalue weighted by Gasteiger charge is -2.05. The van der Waals surface area contributed by atoms with Crippen LogP contribution >= 0.6 is 11.3 Å². The maximum absolute atomic E-state index is 11.2. The summed E-state index contributed by atoms with van der Waals surface area (Å²) in [5.41, 5.74) is 3.41. The Hall–Kier alpha value is -1.20. The van der Waals surface area contributed by atoms with Gasteiger partial charge in [-0.3, -0.25) is 4.98 Å². The van der Waals surface area contributed by atoms with E-state index in [1.165, 1.54) is 11.3 Å². The molecule has 0 aliphatic heterocycles. The summed E-state index contributed by atoms with van der Waals surface area (Å²) in [4.78, 5) is 4.96. The zero-order valence-corrected chi connectivity index (χ0v) is 10.1. The normalized spacial score (nSPS) is 11.6. The van der Waals surface area contributed by atoms with Gasteiger partial charge >= 0.3 is 0 Å². The highest BCUT2D eigenvalue weighted by Gasteiger charge is 2.11. The summed E-state index contributed by atoms with van der Waals surface area (Å²) >= 11 is 1.49.